The summed E-state index contributed by atoms with van der Waals surface area (Å²) in [5, 5.41) is 0. The molecule has 18 heavy (non-hydrogen) atoms. The minimum Gasteiger partial charge on any atom is -0.325 e. The topological polar surface area (TPSA) is 29.3 Å². The Hall–Kier alpha value is -1.12. The Kier molecular flexibility index (Phi) is 4.97. The summed E-state index contributed by atoms with van der Waals surface area (Å²) < 4.78 is 0. The van der Waals surface area contributed by atoms with Gasteiger partial charge in [-0.2, -0.15) is 0 Å². The van der Waals surface area contributed by atoms with Crippen molar-refractivity contribution in [3.8, 4) is 0 Å². The minimum absolute atomic E-state index is 0.158. The lowest BCUT2D eigenvalue weighted by atomic mass is 10.00. The van der Waals surface area contributed by atoms with Crippen LogP contribution in [-0.4, -0.2) is 23.5 Å². The van der Waals surface area contributed by atoms with Gasteiger partial charge >= 0.3 is 0 Å². The quantitative estimate of drug-likeness (QED) is 0.825. The van der Waals surface area contributed by atoms with Crippen LogP contribution in [0.25, 0.3) is 0 Å². The molecule has 1 aliphatic rings. The Morgan fingerprint density at radius 1 is 1.33 bits per heavy atom. The van der Waals surface area contributed by atoms with E-state index in [1.807, 2.05) is 6.92 Å². The van der Waals surface area contributed by atoms with Gasteiger partial charge in [0.2, 0.25) is 0 Å². The molecule has 2 atom stereocenters. The number of nitrogens with zero attached hydrogens (tertiary/aromatic N) is 1. The molecule has 1 heterocycles. The maximum Gasteiger partial charge on any atom is 0.0282 e. The largest absolute Gasteiger partial charge is 0.325 e. The Labute approximate surface area is 110 Å². The summed E-state index contributed by atoms with van der Waals surface area (Å²) in [4.78, 5) is 2.57. The van der Waals surface area contributed by atoms with E-state index in [1.165, 1.54) is 31.4 Å². The van der Waals surface area contributed by atoms with E-state index >= 15 is 0 Å². The number of piperidine rings is 1. The zero-order valence-electron chi connectivity index (χ0n) is 11.3. The van der Waals surface area contributed by atoms with Crippen LogP contribution in [0.1, 0.15) is 31.7 Å². The average molecular weight is 244 g/mol. The van der Waals surface area contributed by atoms with Crippen LogP contribution in [0.2, 0.25) is 0 Å². The molecule has 0 aromatic heterocycles. The maximum absolute atomic E-state index is 5.80. The molecule has 2 rings (SSSR count). The van der Waals surface area contributed by atoms with Crippen molar-refractivity contribution in [3.63, 3.8) is 0 Å². The first kappa shape index (κ1) is 13.3. The first-order valence-corrected chi connectivity index (χ1v) is 6.97. The summed E-state index contributed by atoms with van der Waals surface area (Å²) in [6.45, 7) is 4.28. The van der Waals surface area contributed by atoms with E-state index in [0.29, 0.717) is 6.04 Å². The fraction of sp³-hybridized carbons (Fsp3) is 0.500. The predicted octanol–water partition coefficient (Wildman–Crippen LogP) is 2.94. The van der Waals surface area contributed by atoms with Gasteiger partial charge in [-0.25, -0.2) is 0 Å². The first-order valence-electron chi connectivity index (χ1n) is 6.97. The van der Waals surface area contributed by atoms with Gasteiger partial charge in [0.05, 0.1) is 0 Å². The molecule has 2 unspecified atom stereocenters. The summed E-state index contributed by atoms with van der Waals surface area (Å²) >= 11 is 0. The summed E-state index contributed by atoms with van der Waals surface area (Å²) in [7, 11) is 0. The van der Waals surface area contributed by atoms with Crippen molar-refractivity contribution in [1.82, 2.24) is 4.90 Å². The van der Waals surface area contributed by atoms with Crippen LogP contribution in [0.5, 0.6) is 0 Å². The van der Waals surface area contributed by atoms with E-state index in [9.17, 15) is 0 Å². The molecular weight excluding hydrogens is 220 g/mol. The first-order chi connectivity index (χ1) is 8.75. The van der Waals surface area contributed by atoms with Gasteiger partial charge in [0, 0.05) is 18.6 Å². The molecule has 1 aromatic carbocycles. The number of rotatable bonds is 4. The molecule has 1 aromatic rings. The number of hydrogen-bond acceptors (Lipinski definition) is 2. The SMILES string of the molecule is CC(N)/C=C/C1CCCCN1Cc1ccccc1. The second kappa shape index (κ2) is 6.72. The van der Waals surface area contributed by atoms with Crippen molar-refractivity contribution in [1.29, 1.82) is 0 Å². The van der Waals surface area contributed by atoms with Gasteiger partial charge in [0.15, 0.2) is 0 Å². The fourth-order valence-corrected chi connectivity index (χ4v) is 2.55. The van der Waals surface area contributed by atoms with E-state index in [0.717, 1.165) is 6.54 Å². The standard InChI is InChI=1S/C16H24N2/c1-14(17)10-11-16-9-5-6-12-18(16)13-15-7-3-2-4-8-15/h2-4,7-8,10-11,14,16H,5-6,9,12-13,17H2,1H3/b11-10+. The summed E-state index contributed by atoms with van der Waals surface area (Å²) in [6.07, 6.45) is 8.34. The third-order valence-electron chi connectivity index (χ3n) is 3.53. The molecule has 1 fully saturated rings. The highest BCUT2D eigenvalue weighted by Gasteiger charge is 2.19. The van der Waals surface area contributed by atoms with E-state index < -0.39 is 0 Å². The van der Waals surface area contributed by atoms with Crippen molar-refractivity contribution >= 4 is 0 Å². The molecule has 0 bridgehead atoms. The van der Waals surface area contributed by atoms with E-state index in [2.05, 4.69) is 47.4 Å². The Morgan fingerprint density at radius 3 is 2.83 bits per heavy atom. The van der Waals surface area contributed by atoms with Crippen LogP contribution >= 0.6 is 0 Å². The third-order valence-corrected chi connectivity index (χ3v) is 3.53. The molecule has 98 valence electrons. The lowest BCUT2D eigenvalue weighted by Gasteiger charge is -2.34. The number of benzene rings is 1. The van der Waals surface area contributed by atoms with Crippen LogP contribution < -0.4 is 5.73 Å². The van der Waals surface area contributed by atoms with Crippen LogP contribution in [0, 0.1) is 0 Å². The van der Waals surface area contributed by atoms with Crippen LogP contribution in [0.3, 0.4) is 0 Å². The van der Waals surface area contributed by atoms with Gasteiger partial charge in [0.25, 0.3) is 0 Å². The van der Waals surface area contributed by atoms with Crippen molar-refractivity contribution in [2.24, 2.45) is 5.73 Å². The Morgan fingerprint density at radius 2 is 2.11 bits per heavy atom. The third kappa shape index (κ3) is 3.97. The van der Waals surface area contributed by atoms with Crippen molar-refractivity contribution < 1.29 is 0 Å². The van der Waals surface area contributed by atoms with Gasteiger partial charge in [-0.05, 0) is 31.9 Å². The van der Waals surface area contributed by atoms with E-state index in [4.69, 9.17) is 5.73 Å². The molecule has 0 radical (unpaired) electrons. The highest BCUT2D eigenvalue weighted by Crippen LogP contribution is 2.20. The monoisotopic (exact) mass is 244 g/mol. The molecule has 2 nitrogen and oxygen atoms in total. The molecule has 0 aliphatic carbocycles. The molecule has 1 saturated heterocycles. The summed E-state index contributed by atoms with van der Waals surface area (Å²) in [6, 6.07) is 11.4. The molecule has 1 aliphatic heterocycles. The smallest absolute Gasteiger partial charge is 0.0282 e. The van der Waals surface area contributed by atoms with Gasteiger partial charge < -0.3 is 5.73 Å². The molecule has 0 spiro atoms. The number of nitrogens with two attached hydrogens (primary N) is 1. The molecule has 2 heteroatoms. The highest BCUT2D eigenvalue weighted by molar-refractivity contribution is 5.15. The highest BCUT2D eigenvalue weighted by atomic mass is 15.2. The maximum atomic E-state index is 5.80. The normalized spacial score (nSPS) is 23.3. The predicted molar refractivity (Wildman–Crippen MR) is 77.3 cm³/mol. The lowest BCUT2D eigenvalue weighted by molar-refractivity contribution is 0.171. The molecule has 2 N–H and O–H groups in total. The number of likely N-dealkylation sites (tertiary alicyclic amines) is 1. The molecular formula is C16H24N2. The molecule has 0 saturated carbocycles. The van der Waals surface area contributed by atoms with Gasteiger partial charge in [-0.15, -0.1) is 0 Å². The minimum atomic E-state index is 0.158. The second-order valence-corrected chi connectivity index (χ2v) is 5.26. The second-order valence-electron chi connectivity index (χ2n) is 5.26. The van der Waals surface area contributed by atoms with Crippen LogP contribution in [0.4, 0.5) is 0 Å². The number of hydrogen-bond donors (Lipinski definition) is 1. The van der Waals surface area contributed by atoms with Gasteiger partial charge in [-0.3, -0.25) is 4.90 Å². The van der Waals surface area contributed by atoms with Crippen molar-refractivity contribution in [2.45, 2.75) is 44.8 Å². The summed E-state index contributed by atoms with van der Waals surface area (Å²) in [5.74, 6) is 0. The van der Waals surface area contributed by atoms with E-state index in [1.54, 1.807) is 0 Å². The van der Waals surface area contributed by atoms with Crippen LogP contribution in [0.15, 0.2) is 42.5 Å². The average Bonchev–Trinajstić information content (AvgIpc) is 2.39. The van der Waals surface area contributed by atoms with Crippen LogP contribution in [-0.2, 0) is 6.54 Å². The summed E-state index contributed by atoms with van der Waals surface area (Å²) in [5.41, 5.74) is 7.20. The van der Waals surface area contributed by atoms with Gasteiger partial charge in [-0.1, -0.05) is 48.9 Å². The Bertz CT molecular complexity index is 370. The zero-order chi connectivity index (χ0) is 12.8. The zero-order valence-corrected chi connectivity index (χ0v) is 11.3. The Balaban J connectivity index is 1.99. The van der Waals surface area contributed by atoms with E-state index in [-0.39, 0.29) is 6.04 Å². The molecule has 0 amide bonds. The van der Waals surface area contributed by atoms with Crippen molar-refractivity contribution in [3.05, 3.63) is 48.0 Å². The fourth-order valence-electron chi connectivity index (χ4n) is 2.55. The van der Waals surface area contributed by atoms with Crippen molar-refractivity contribution in [2.75, 3.05) is 6.54 Å². The van der Waals surface area contributed by atoms with Gasteiger partial charge in [0.1, 0.15) is 0 Å². The lowest BCUT2D eigenvalue weighted by Crippen LogP contribution is -2.37.